The van der Waals surface area contributed by atoms with E-state index in [4.69, 9.17) is 4.74 Å². The van der Waals surface area contributed by atoms with E-state index in [0.29, 0.717) is 12.2 Å². The third-order valence-corrected chi connectivity index (χ3v) is 3.28. The normalized spacial score (nSPS) is 10.3. The average molecular weight is 270 g/mol. The molecule has 0 aliphatic carbocycles. The Morgan fingerprint density at radius 1 is 1.10 bits per heavy atom. The first-order chi connectivity index (χ1) is 9.54. The van der Waals surface area contributed by atoms with E-state index < -0.39 is 5.97 Å². The quantitative estimate of drug-likeness (QED) is 0.911. The zero-order valence-electron chi connectivity index (χ0n) is 11.9. The number of benzene rings is 2. The van der Waals surface area contributed by atoms with Gasteiger partial charge in [-0.05, 0) is 49.6 Å². The average Bonchev–Trinajstić information content (AvgIpc) is 2.40. The fraction of sp³-hybridized carbons (Fsp3) is 0.235. The van der Waals surface area contributed by atoms with E-state index in [0.717, 1.165) is 28.0 Å². The van der Waals surface area contributed by atoms with Crippen molar-refractivity contribution in [1.29, 1.82) is 0 Å². The molecule has 0 aromatic heterocycles. The van der Waals surface area contributed by atoms with Crippen molar-refractivity contribution in [1.82, 2.24) is 0 Å². The highest BCUT2D eigenvalue weighted by Crippen LogP contribution is 2.33. The van der Waals surface area contributed by atoms with Crippen LogP contribution in [0.15, 0.2) is 36.4 Å². The van der Waals surface area contributed by atoms with Gasteiger partial charge >= 0.3 is 5.97 Å². The highest BCUT2D eigenvalue weighted by Gasteiger charge is 2.14. The van der Waals surface area contributed by atoms with Gasteiger partial charge in [0.25, 0.3) is 0 Å². The van der Waals surface area contributed by atoms with Gasteiger partial charge in [-0.1, -0.05) is 24.3 Å². The van der Waals surface area contributed by atoms with Crippen LogP contribution in [0.5, 0.6) is 5.75 Å². The van der Waals surface area contributed by atoms with Crippen LogP contribution in [0.3, 0.4) is 0 Å². The molecule has 0 saturated carbocycles. The third kappa shape index (κ3) is 2.67. The highest BCUT2D eigenvalue weighted by molar-refractivity contribution is 5.92. The van der Waals surface area contributed by atoms with E-state index in [1.54, 1.807) is 6.07 Å². The molecule has 0 bridgehead atoms. The van der Waals surface area contributed by atoms with Gasteiger partial charge in [-0.2, -0.15) is 0 Å². The van der Waals surface area contributed by atoms with E-state index in [2.05, 4.69) is 0 Å². The summed E-state index contributed by atoms with van der Waals surface area (Å²) in [6.07, 6.45) is 0. The molecule has 0 unspecified atom stereocenters. The minimum Gasteiger partial charge on any atom is -0.493 e. The Bertz CT molecular complexity index is 645. The molecular weight excluding hydrogens is 252 g/mol. The van der Waals surface area contributed by atoms with Crippen molar-refractivity contribution >= 4 is 5.97 Å². The summed E-state index contributed by atoms with van der Waals surface area (Å²) in [5, 5.41) is 9.27. The second-order valence-electron chi connectivity index (χ2n) is 4.72. The summed E-state index contributed by atoms with van der Waals surface area (Å²) in [5.41, 5.74) is 3.97. The lowest BCUT2D eigenvalue weighted by atomic mass is 9.94. The smallest absolute Gasteiger partial charge is 0.335 e. The molecule has 3 nitrogen and oxygen atoms in total. The zero-order valence-corrected chi connectivity index (χ0v) is 11.9. The molecule has 0 fully saturated rings. The molecule has 2 aromatic rings. The highest BCUT2D eigenvalue weighted by atomic mass is 16.5. The largest absolute Gasteiger partial charge is 0.493 e. The monoisotopic (exact) mass is 270 g/mol. The maximum absolute atomic E-state index is 11.3. The van der Waals surface area contributed by atoms with Crippen LogP contribution in [-0.4, -0.2) is 17.7 Å². The van der Waals surface area contributed by atoms with Gasteiger partial charge < -0.3 is 9.84 Å². The fourth-order valence-electron chi connectivity index (χ4n) is 2.34. The van der Waals surface area contributed by atoms with E-state index >= 15 is 0 Å². The molecule has 20 heavy (non-hydrogen) atoms. The third-order valence-electron chi connectivity index (χ3n) is 3.28. The number of hydrogen-bond acceptors (Lipinski definition) is 2. The lowest BCUT2D eigenvalue weighted by Crippen LogP contribution is -2.02. The van der Waals surface area contributed by atoms with Gasteiger partial charge in [0.1, 0.15) is 5.75 Å². The lowest BCUT2D eigenvalue weighted by molar-refractivity contribution is 0.0696. The van der Waals surface area contributed by atoms with Crippen molar-refractivity contribution in [2.45, 2.75) is 20.8 Å². The van der Waals surface area contributed by atoms with Crippen molar-refractivity contribution < 1.29 is 14.6 Å². The molecule has 0 aliphatic rings. The fourth-order valence-corrected chi connectivity index (χ4v) is 2.34. The van der Waals surface area contributed by atoms with E-state index in [1.165, 1.54) is 0 Å². The van der Waals surface area contributed by atoms with E-state index in [9.17, 15) is 9.90 Å². The standard InChI is InChI=1S/C17H18O3/c1-4-20-16-8-6-5-7-13(16)14-10-15(17(18)19)12(3)9-11(14)2/h5-10H,4H2,1-3H3,(H,18,19). The summed E-state index contributed by atoms with van der Waals surface area (Å²) in [6, 6.07) is 11.3. The molecule has 2 rings (SSSR count). The van der Waals surface area contributed by atoms with Crippen LogP contribution in [0.25, 0.3) is 11.1 Å². The van der Waals surface area contributed by atoms with Gasteiger partial charge in [-0.15, -0.1) is 0 Å². The number of aryl methyl sites for hydroxylation is 2. The van der Waals surface area contributed by atoms with Crippen molar-refractivity contribution in [2.24, 2.45) is 0 Å². The first-order valence-electron chi connectivity index (χ1n) is 6.61. The Labute approximate surface area is 118 Å². The Morgan fingerprint density at radius 2 is 1.80 bits per heavy atom. The molecule has 0 heterocycles. The summed E-state index contributed by atoms with van der Waals surface area (Å²) in [7, 11) is 0. The number of carbonyl (C=O) groups is 1. The number of ether oxygens (including phenoxy) is 1. The molecule has 2 aromatic carbocycles. The molecule has 0 atom stereocenters. The minimum absolute atomic E-state index is 0.330. The summed E-state index contributed by atoms with van der Waals surface area (Å²) in [5.74, 6) is -0.129. The van der Waals surface area contributed by atoms with Crippen LogP contribution >= 0.6 is 0 Å². The first-order valence-corrected chi connectivity index (χ1v) is 6.61. The van der Waals surface area contributed by atoms with Crippen LogP contribution < -0.4 is 4.74 Å². The van der Waals surface area contributed by atoms with Crippen LogP contribution in [0.2, 0.25) is 0 Å². The second kappa shape index (κ2) is 5.78. The number of rotatable bonds is 4. The van der Waals surface area contributed by atoms with Gasteiger partial charge in [-0.3, -0.25) is 0 Å². The number of para-hydroxylation sites is 1. The topological polar surface area (TPSA) is 46.5 Å². The Hall–Kier alpha value is -2.29. The second-order valence-corrected chi connectivity index (χ2v) is 4.72. The minimum atomic E-state index is -0.905. The summed E-state index contributed by atoms with van der Waals surface area (Å²) in [4.78, 5) is 11.3. The number of aromatic carboxylic acids is 1. The van der Waals surface area contributed by atoms with Gasteiger partial charge in [0.2, 0.25) is 0 Å². The molecule has 1 N–H and O–H groups in total. The molecule has 0 aliphatic heterocycles. The molecule has 3 heteroatoms. The Kier molecular flexibility index (Phi) is 4.08. The number of carboxylic acid groups (broad SMARTS) is 1. The predicted octanol–water partition coefficient (Wildman–Crippen LogP) is 4.07. The SMILES string of the molecule is CCOc1ccccc1-c1cc(C(=O)O)c(C)cc1C. The lowest BCUT2D eigenvalue weighted by Gasteiger charge is -2.14. The van der Waals surface area contributed by atoms with Crippen molar-refractivity contribution in [3.05, 3.63) is 53.1 Å². The molecule has 0 saturated heterocycles. The predicted molar refractivity (Wildman–Crippen MR) is 79.5 cm³/mol. The summed E-state index contributed by atoms with van der Waals surface area (Å²) in [6.45, 7) is 6.31. The molecule has 104 valence electrons. The molecule has 0 spiro atoms. The van der Waals surface area contributed by atoms with Crippen molar-refractivity contribution in [3.8, 4) is 16.9 Å². The Balaban J connectivity index is 2.63. The van der Waals surface area contributed by atoms with Crippen LogP contribution in [0.4, 0.5) is 0 Å². The van der Waals surface area contributed by atoms with Crippen molar-refractivity contribution in [2.75, 3.05) is 6.61 Å². The van der Waals surface area contributed by atoms with Crippen LogP contribution in [0.1, 0.15) is 28.4 Å². The van der Waals surface area contributed by atoms with Crippen LogP contribution in [0, 0.1) is 13.8 Å². The van der Waals surface area contributed by atoms with Gasteiger partial charge in [0.05, 0.1) is 12.2 Å². The summed E-state index contributed by atoms with van der Waals surface area (Å²) >= 11 is 0. The number of hydrogen-bond donors (Lipinski definition) is 1. The van der Waals surface area contributed by atoms with Crippen LogP contribution in [-0.2, 0) is 0 Å². The Morgan fingerprint density at radius 3 is 2.45 bits per heavy atom. The van der Waals surface area contributed by atoms with Gasteiger partial charge in [-0.25, -0.2) is 4.79 Å². The maximum atomic E-state index is 11.3. The number of carboxylic acids is 1. The summed E-state index contributed by atoms with van der Waals surface area (Å²) < 4.78 is 5.63. The van der Waals surface area contributed by atoms with E-state index in [-0.39, 0.29) is 0 Å². The maximum Gasteiger partial charge on any atom is 0.335 e. The van der Waals surface area contributed by atoms with Crippen molar-refractivity contribution in [3.63, 3.8) is 0 Å². The van der Waals surface area contributed by atoms with Gasteiger partial charge in [0, 0.05) is 5.56 Å². The molecular formula is C17H18O3. The van der Waals surface area contributed by atoms with Gasteiger partial charge in [0.15, 0.2) is 0 Å². The van der Waals surface area contributed by atoms with E-state index in [1.807, 2.05) is 51.1 Å². The molecule has 0 amide bonds. The zero-order chi connectivity index (χ0) is 14.7. The molecule has 0 radical (unpaired) electrons. The first kappa shape index (κ1) is 14.1.